The first kappa shape index (κ1) is 27.8. The molecule has 0 saturated carbocycles. The number of methoxy groups -OCH3 is 1. The molecule has 1 aromatic carbocycles. The predicted octanol–water partition coefficient (Wildman–Crippen LogP) is 3.56. The Kier molecular flexibility index (Phi) is 8.52. The third kappa shape index (κ3) is 5.45. The highest BCUT2D eigenvalue weighted by Crippen LogP contribution is 2.55. The van der Waals surface area contributed by atoms with Gasteiger partial charge in [-0.15, -0.1) is 0 Å². The number of rotatable bonds is 9. The number of benzene rings is 1. The summed E-state index contributed by atoms with van der Waals surface area (Å²) in [5.74, 6) is -3.41. The maximum Gasteiger partial charge on any atom is 0.417 e. The smallest absolute Gasteiger partial charge is 0.417 e. The number of halogens is 4. The van der Waals surface area contributed by atoms with E-state index < -0.39 is 41.4 Å². The molecule has 2 heterocycles. The van der Waals surface area contributed by atoms with Crippen molar-refractivity contribution in [2.24, 2.45) is 5.92 Å². The molecule has 8 nitrogen and oxygen atoms in total. The van der Waals surface area contributed by atoms with Crippen LogP contribution in [0, 0.1) is 18.7 Å². The number of nitrogens with zero attached hydrogens (tertiary/aromatic N) is 2. The number of aliphatic hydroxyl groups excluding tert-OH is 1. The van der Waals surface area contributed by atoms with Crippen LogP contribution in [0.4, 0.5) is 23.2 Å². The van der Waals surface area contributed by atoms with E-state index in [-0.39, 0.29) is 48.8 Å². The second-order valence-corrected chi connectivity index (χ2v) is 8.74. The fourth-order valence-electron chi connectivity index (χ4n) is 4.25. The molecule has 2 N–H and O–H groups in total. The number of carbonyl (C=O) groups excluding carboxylic acids is 1. The minimum Gasteiger partial charge on any atom is -0.491 e. The predicted molar refractivity (Wildman–Crippen MR) is 121 cm³/mol. The van der Waals surface area contributed by atoms with Crippen LogP contribution >= 0.6 is 0 Å². The molecule has 1 amide bonds. The summed E-state index contributed by atoms with van der Waals surface area (Å²) in [6.07, 6.45) is -3.60. The molecular formula is C24H29F4N3O5. The van der Waals surface area contributed by atoms with Gasteiger partial charge < -0.3 is 24.6 Å². The number of ether oxygens (including phenoxy) is 3. The minimum atomic E-state index is -4.79. The normalized spacial score (nSPS) is 24.1. The number of hydrogen-bond donors (Lipinski definition) is 2. The van der Waals surface area contributed by atoms with E-state index in [0.717, 1.165) is 13.0 Å². The van der Waals surface area contributed by atoms with Crippen LogP contribution in [-0.4, -0.2) is 65.8 Å². The van der Waals surface area contributed by atoms with Gasteiger partial charge in [0.05, 0.1) is 31.3 Å². The average Bonchev–Trinajstić information content (AvgIpc) is 3.10. The highest BCUT2D eigenvalue weighted by atomic mass is 19.4. The van der Waals surface area contributed by atoms with Crippen LogP contribution in [0.5, 0.6) is 5.75 Å². The highest BCUT2D eigenvalue weighted by molar-refractivity contribution is 5.95. The van der Waals surface area contributed by atoms with Crippen molar-refractivity contribution in [1.82, 2.24) is 9.97 Å². The van der Waals surface area contributed by atoms with Gasteiger partial charge in [-0.1, -0.05) is 13.0 Å². The summed E-state index contributed by atoms with van der Waals surface area (Å²) in [6, 6.07) is 2.46. The van der Waals surface area contributed by atoms with Crippen molar-refractivity contribution in [3.05, 3.63) is 47.3 Å². The Bertz CT molecular complexity index is 1070. The van der Waals surface area contributed by atoms with Crippen LogP contribution < -0.4 is 10.1 Å². The summed E-state index contributed by atoms with van der Waals surface area (Å²) in [5.41, 5.74) is -2.19. The SMILES string of the molecule is COCCOc1c([C@H]2[C@@H](C)[C@@](C)(C(F)(F)F)O[C@H]2C(=O)Nc2cnc(CCO)nc2)ccc(F)c1C. The van der Waals surface area contributed by atoms with Gasteiger partial charge in [-0.05, 0) is 19.9 Å². The van der Waals surface area contributed by atoms with Gasteiger partial charge in [0.15, 0.2) is 5.60 Å². The number of aromatic nitrogens is 2. The lowest BCUT2D eigenvalue weighted by molar-refractivity contribution is -0.272. The quantitative estimate of drug-likeness (QED) is 0.389. The first-order valence-corrected chi connectivity index (χ1v) is 11.3. The van der Waals surface area contributed by atoms with Gasteiger partial charge in [0, 0.05) is 36.5 Å². The molecule has 1 aliphatic heterocycles. The van der Waals surface area contributed by atoms with Gasteiger partial charge in [0.2, 0.25) is 0 Å². The first-order chi connectivity index (χ1) is 16.9. The summed E-state index contributed by atoms with van der Waals surface area (Å²) in [7, 11) is 1.45. The van der Waals surface area contributed by atoms with Crippen LogP contribution in [0.25, 0.3) is 0 Å². The summed E-state index contributed by atoms with van der Waals surface area (Å²) >= 11 is 0. The third-order valence-corrected chi connectivity index (χ3v) is 6.50. The number of alkyl halides is 3. The van der Waals surface area contributed by atoms with E-state index in [0.29, 0.717) is 5.82 Å². The van der Waals surface area contributed by atoms with Gasteiger partial charge in [-0.2, -0.15) is 13.2 Å². The number of aliphatic hydroxyl groups is 1. The highest BCUT2D eigenvalue weighted by Gasteiger charge is 2.65. The molecular weight excluding hydrogens is 486 g/mol. The summed E-state index contributed by atoms with van der Waals surface area (Å²) < 4.78 is 73.0. The number of hydrogen-bond acceptors (Lipinski definition) is 7. The summed E-state index contributed by atoms with van der Waals surface area (Å²) in [6.45, 7) is 3.72. The van der Waals surface area contributed by atoms with Crippen LogP contribution in [-0.2, 0) is 20.7 Å². The van der Waals surface area contributed by atoms with Crippen LogP contribution in [0.2, 0.25) is 0 Å². The number of anilines is 1. The van der Waals surface area contributed by atoms with Crippen LogP contribution in [0.1, 0.15) is 36.7 Å². The van der Waals surface area contributed by atoms with E-state index >= 15 is 0 Å². The molecule has 198 valence electrons. The average molecular weight is 516 g/mol. The Morgan fingerprint density at radius 2 is 1.92 bits per heavy atom. The van der Waals surface area contributed by atoms with Gasteiger partial charge in [-0.3, -0.25) is 4.79 Å². The van der Waals surface area contributed by atoms with Crippen LogP contribution in [0.3, 0.4) is 0 Å². The first-order valence-electron chi connectivity index (χ1n) is 11.3. The van der Waals surface area contributed by atoms with Crippen molar-refractivity contribution in [2.45, 2.75) is 51.0 Å². The third-order valence-electron chi connectivity index (χ3n) is 6.50. The summed E-state index contributed by atoms with van der Waals surface area (Å²) in [4.78, 5) is 21.3. The number of amides is 1. The largest absolute Gasteiger partial charge is 0.491 e. The Morgan fingerprint density at radius 1 is 1.25 bits per heavy atom. The lowest BCUT2D eigenvalue weighted by atomic mass is 9.76. The lowest BCUT2D eigenvalue weighted by Gasteiger charge is -2.32. The molecule has 4 atom stereocenters. The topological polar surface area (TPSA) is 103 Å². The second-order valence-electron chi connectivity index (χ2n) is 8.74. The van der Waals surface area contributed by atoms with Crippen LogP contribution in [0.15, 0.2) is 24.5 Å². The second kappa shape index (κ2) is 11.1. The molecule has 1 saturated heterocycles. The molecule has 36 heavy (non-hydrogen) atoms. The maximum absolute atomic E-state index is 14.4. The molecule has 0 radical (unpaired) electrons. The molecule has 3 rings (SSSR count). The van der Waals surface area contributed by atoms with E-state index in [4.69, 9.17) is 19.3 Å². The van der Waals surface area contributed by atoms with Crippen molar-refractivity contribution < 1.29 is 41.7 Å². The van der Waals surface area contributed by atoms with Crippen molar-refractivity contribution in [3.8, 4) is 5.75 Å². The molecule has 0 unspecified atom stereocenters. The molecule has 0 bridgehead atoms. The zero-order chi connectivity index (χ0) is 26.7. The standard InChI is InChI=1S/C24H29F4N3O5/c1-13-17(25)6-5-16(20(13)35-10-9-34-4)19-14(2)23(3,24(26,27)28)36-21(19)22(33)31-15-11-29-18(7-8-32)30-12-15/h5-6,11-12,14,19,21,32H,7-10H2,1-4H3,(H,31,33)/t14-,19-,21-,23+/m1/s1. The minimum absolute atomic E-state index is 0.0285. The molecule has 2 aromatic rings. The molecule has 1 fully saturated rings. The monoisotopic (exact) mass is 515 g/mol. The maximum atomic E-state index is 14.4. The van der Waals surface area contributed by atoms with E-state index in [1.807, 2.05) is 0 Å². The fraction of sp³-hybridized carbons (Fsp3) is 0.542. The van der Waals surface area contributed by atoms with Crippen molar-refractivity contribution >= 4 is 11.6 Å². The Balaban J connectivity index is 2.02. The number of nitrogens with one attached hydrogen (secondary N) is 1. The zero-order valence-corrected chi connectivity index (χ0v) is 20.4. The lowest BCUT2D eigenvalue weighted by Crippen LogP contribution is -2.47. The van der Waals surface area contributed by atoms with Crippen molar-refractivity contribution in [1.29, 1.82) is 0 Å². The van der Waals surface area contributed by atoms with Gasteiger partial charge >= 0.3 is 6.18 Å². The van der Waals surface area contributed by atoms with Crippen molar-refractivity contribution in [2.75, 3.05) is 32.2 Å². The fourth-order valence-corrected chi connectivity index (χ4v) is 4.25. The Hall–Kier alpha value is -2.83. The van der Waals surface area contributed by atoms with E-state index in [9.17, 15) is 22.4 Å². The number of carbonyl (C=O) groups is 1. The summed E-state index contributed by atoms with van der Waals surface area (Å²) in [5, 5.41) is 11.5. The van der Waals surface area contributed by atoms with E-state index in [2.05, 4.69) is 15.3 Å². The van der Waals surface area contributed by atoms with E-state index in [1.54, 1.807) is 0 Å². The van der Waals surface area contributed by atoms with Crippen molar-refractivity contribution in [3.63, 3.8) is 0 Å². The Labute approximate surface area is 206 Å². The molecule has 0 spiro atoms. The molecule has 0 aliphatic carbocycles. The zero-order valence-electron chi connectivity index (χ0n) is 20.4. The Morgan fingerprint density at radius 3 is 2.50 bits per heavy atom. The molecule has 1 aromatic heterocycles. The van der Waals surface area contributed by atoms with Gasteiger partial charge in [-0.25, -0.2) is 14.4 Å². The van der Waals surface area contributed by atoms with Gasteiger partial charge in [0.25, 0.3) is 5.91 Å². The molecule has 12 heteroatoms. The van der Waals surface area contributed by atoms with E-state index in [1.165, 1.54) is 39.4 Å². The van der Waals surface area contributed by atoms with Gasteiger partial charge in [0.1, 0.15) is 30.1 Å². The molecule has 1 aliphatic rings.